The summed E-state index contributed by atoms with van der Waals surface area (Å²) in [5, 5.41) is 28.8. The molecule has 76 valence electrons. The predicted octanol–water partition coefficient (Wildman–Crippen LogP) is -0.881. The van der Waals surface area contributed by atoms with Crippen molar-refractivity contribution in [3.05, 3.63) is 0 Å². The standard InChI is InChI=1S/C4H9N3O2.CH2O3/c1-7(4(5)6)2-3(8)9;2-1(3)4/h2H2,1H3,(H3,5,6)(H,8,9);(H2,2,3,4). The van der Waals surface area contributed by atoms with E-state index in [1.54, 1.807) is 0 Å². The monoisotopic (exact) mass is 193 g/mol. The highest BCUT2D eigenvalue weighted by Gasteiger charge is 2.03. The first-order chi connectivity index (χ1) is 5.77. The van der Waals surface area contributed by atoms with Crippen molar-refractivity contribution in [2.75, 3.05) is 13.6 Å². The average Bonchev–Trinajstić information content (AvgIpc) is 1.83. The van der Waals surface area contributed by atoms with Gasteiger partial charge in [0.15, 0.2) is 5.96 Å². The van der Waals surface area contributed by atoms with Crippen LogP contribution in [0.1, 0.15) is 0 Å². The molecular weight excluding hydrogens is 182 g/mol. The highest BCUT2D eigenvalue weighted by atomic mass is 16.6. The Morgan fingerprint density at radius 3 is 1.77 bits per heavy atom. The number of hydrogen-bond donors (Lipinski definition) is 5. The number of aliphatic carboxylic acids is 1. The fourth-order valence-electron chi connectivity index (χ4n) is 0.288. The van der Waals surface area contributed by atoms with Gasteiger partial charge in [-0.1, -0.05) is 0 Å². The number of likely N-dealkylation sites (N-methyl/N-ethyl adjacent to an activating group) is 1. The van der Waals surface area contributed by atoms with Crippen molar-refractivity contribution in [2.24, 2.45) is 5.73 Å². The highest BCUT2D eigenvalue weighted by molar-refractivity contribution is 5.79. The van der Waals surface area contributed by atoms with E-state index in [0.717, 1.165) is 4.90 Å². The lowest BCUT2D eigenvalue weighted by atomic mass is 10.6. The Hall–Kier alpha value is -1.99. The molecule has 0 spiro atoms. The van der Waals surface area contributed by atoms with E-state index in [1.165, 1.54) is 7.05 Å². The van der Waals surface area contributed by atoms with Crippen LogP contribution in [0.2, 0.25) is 0 Å². The molecule has 0 heterocycles. The minimum absolute atomic E-state index is 0.227. The molecule has 0 aliphatic carbocycles. The van der Waals surface area contributed by atoms with Crippen molar-refractivity contribution < 1.29 is 24.9 Å². The van der Waals surface area contributed by atoms with Crippen molar-refractivity contribution in [1.82, 2.24) is 4.90 Å². The zero-order valence-corrected chi connectivity index (χ0v) is 6.89. The lowest BCUT2D eigenvalue weighted by Crippen LogP contribution is -2.36. The molecule has 0 aliphatic heterocycles. The van der Waals surface area contributed by atoms with Crippen LogP contribution in [0.25, 0.3) is 0 Å². The summed E-state index contributed by atoms with van der Waals surface area (Å²) in [5.41, 5.74) is 4.93. The first-order valence-electron chi connectivity index (χ1n) is 2.96. The molecule has 8 nitrogen and oxygen atoms in total. The third kappa shape index (κ3) is 17.8. The summed E-state index contributed by atoms with van der Waals surface area (Å²) in [6, 6.07) is 0. The van der Waals surface area contributed by atoms with E-state index in [9.17, 15) is 4.79 Å². The molecule has 0 radical (unpaired) electrons. The molecule has 8 heteroatoms. The molecular formula is C5H11N3O5. The molecule has 0 saturated heterocycles. The molecule has 0 aromatic rings. The van der Waals surface area contributed by atoms with E-state index < -0.39 is 12.1 Å². The van der Waals surface area contributed by atoms with Crippen LogP contribution in [0.3, 0.4) is 0 Å². The minimum Gasteiger partial charge on any atom is -0.480 e. The zero-order valence-electron chi connectivity index (χ0n) is 6.89. The summed E-state index contributed by atoms with van der Waals surface area (Å²) in [6.45, 7) is -0.227. The van der Waals surface area contributed by atoms with Gasteiger partial charge in [-0.15, -0.1) is 0 Å². The molecule has 0 aliphatic rings. The van der Waals surface area contributed by atoms with Gasteiger partial charge in [-0.3, -0.25) is 10.2 Å². The molecule has 0 atom stereocenters. The Labute approximate surface area is 73.7 Å². The SMILES string of the molecule is CN(CC(=O)O)C(=N)N.O=C(O)O. The maximum atomic E-state index is 9.92. The molecule has 0 fully saturated rings. The van der Waals surface area contributed by atoms with Gasteiger partial charge in [0, 0.05) is 7.05 Å². The number of carboxylic acid groups (broad SMARTS) is 3. The highest BCUT2D eigenvalue weighted by Crippen LogP contribution is 1.76. The van der Waals surface area contributed by atoms with E-state index in [-0.39, 0.29) is 12.5 Å². The van der Waals surface area contributed by atoms with Crippen LogP contribution in [-0.4, -0.2) is 51.9 Å². The molecule has 0 bridgehead atoms. The number of nitrogens with zero attached hydrogens (tertiary/aromatic N) is 1. The topological polar surface area (TPSA) is 148 Å². The summed E-state index contributed by atoms with van der Waals surface area (Å²) >= 11 is 0. The van der Waals surface area contributed by atoms with Crippen molar-refractivity contribution in [2.45, 2.75) is 0 Å². The first kappa shape index (κ1) is 13.6. The van der Waals surface area contributed by atoms with Crippen molar-refractivity contribution >= 4 is 18.1 Å². The van der Waals surface area contributed by atoms with Gasteiger partial charge in [-0.2, -0.15) is 0 Å². The maximum Gasteiger partial charge on any atom is 0.503 e. The van der Waals surface area contributed by atoms with Crippen LogP contribution in [0.15, 0.2) is 0 Å². The second-order valence-electron chi connectivity index (χ2n) is 1.92. The lowest BCUT2D eigenvalue weighted by molar-refractivity contribution is -0.137. The van der Waals surface area contributed by atoms with E-state index >= 15 is 0 Å². The number of carbonyl (C=O) groups is 2. The van der Waals surface area contributed by atoms with E-state index in [2.05, 4.69) is 0 Å². The van der Waals surface area contributed by atoms with Gasteiger partial charge in [0.1, 0.15) is 6.54 Å². The van der Waals surface area contributed by atoms with Crippen molar-refractivity contribution in [1.29, 1.82) is 5.41 Å². The minimum atomic E-state index is -1.83. The lowest BCUT2D eigenvalue weighted by Gasteiger charge is -2.12. The number of rotatable bonds is 2. The van der Waals surface area contributed by atoms with Crippen LogP contribution in [0, 0.1) is 5.41 Å². The third-order valence-corrected chi connectivity index (χ3v) is 0.784. The second kappa shape index (κ2) is 6.70. The number of hydrogen-bond acceptors (Lipinski definition) is 3. The Morgan fingerprint density at radius 1 is 1.38 bits per heavy atom. The van der Waals surface area contributed by atoms with Gasteiger partial charge in [0.2, 0.25) is 0 Å². The molecule has 0 rings (SSSR count). The molecule has 6 N–H and O–H groups in total. The van der Waals surface area contributed by atoms with Gasteiger partial charge in [0.05, 0.1) is 0 Å². The summed E-state index contributed by atoms with van der Waals surface area (Å²) in [4.78, 5) is 19.6. The Kier molecular flexibility index (Phi) is 7.01. The van der Waals surface area contributed by atoms with Gasteiger partial charge < -0.3 is 26.0 Å². The van der Waals surface area contributed by atoms with Crippen LogP contribution >= 0.6 is 0 Å². The largest absolute Gasteiger partial charge is 0.503 e. The van der Waals surface area contributed by atoms with Crippen molar-refractivity contribution in [3.8, 4) is 0 Å². The van der Waals surface area contributed by atoms with E-state index in [1.807, 2.05) is 0 Å². The average molecular weight is 193 g/mol. The fraction of sp³-hybridized carbons (Fsp3) is 0.400. The third-order valence-electron chi connectivity index (χ3n) is 0.784. The predicted molar refractivity (Wildman–Crippen MR) is 42.8 cm³/mol. The van der Waals surface area contributed by atoms with Crippen LogP contribution in [0.4, 0.5) is 4.79 Å². The summed E-state index contributed by atoms with van der Waals surface area (Å²) < 4.78 is 0. The zero-order chi connectivity index (χ0) is 11.0. The fourth-order valence-corrected chi connectivity index (χ4v) is 0.288. The number of nitrogens with one attached hydrogen (secondary N) is 1. The second-order valence-corrected chi connectivity index (χ2v) is 1.92. The van der Waals surface area contributed by atoms with E-state index in [4.69, 9.17) is 31.3 Å². The molecule has 0 aromatic carbocycles. The van der Waals surface area contributed by atoms with Crippen LogP contribution < -0.4 is 5.73 Å². The Balaban J connectivity index is 0. The summed E-state index contributed by atoms with van der Waals surface area (Å²) in [7, 11) is 1.44. The first-order valence-corrected chi connectivity index (χ1v) is 2.96. The quantitative estimate of drug-likeness (QED) is 0.282. The smallest absolute Gasteiger partial charge is 0.480 e. The van der Waals surface area contributed by atoms with Crippen LogP contribution in [-0.2, 0) is 4.79 Å². The maximum absolute atomic E-state index is 9.92. The Morgan fingerprint density at radius 2 is 1.69 bits per heavy atom. The molecule has 13 heavy (non-hydrogen) atoms. The Bertz CT molecular complexity index is 200. The van der Waals surface area contributed by atoms with Crippen molar-refractivity contribution in [3.63, 3.8) is 0 Å². The molecule has 0 amide bonds. The molecule has 0 unspecified atom stereocenters. The van der Waals surface area contributed by atoms with Gasteiger partial charge in [-0.25, -0.2) is 4.79 Å². The van der Waals surface area contributed by atoms with Gasteiger partial charge >= 0.3 is 12.1 Å². The molecule has 0 aromatic heterocycles. The van der Waals surface area contributed by atoms with Gasteiger partial charge in [0.25, 0.3) is 0 Å². The number of guanidine groups is 1. The summed E-state index contributed by atoms with van der Waals surface area (Å²) in [5.74, 6) is -1.23. The van der Waals surface area contributed by atoms with Gasteiger partial charge in [-0.05, 0) is 0 Å². The van der Waals surface area contributed by atoms with E-state index in [0.29, 0.717) is 0 Å². The number of carboxylic acids is 1. The molecule has 0 saturated carbocycles. The summed E-state index contributed by atoms with van der Waals surface area (Å²) in [6.07, 6.45) is -1.83. The number of nitrogens with two attached hydrogens (primary N) is 1. The normalized spacial score (nSPS) is 7.77. The van der Waals surface area contributed by atoms with Crippen LogP contribution in [0.5, 0.6) is 0 Å².